The van der Waals surface area contributed by atoms with Crippen molar-refractivity contribution in [2.45, 2.75) is 9.79 Å². The molecule has 7 nitrogen and oxygen atoms in total. The number of amides is 2. The Labute approximate surface area is 173 Å². The summed E-state index contributed by atoms with van der Waals surface area (Å²) in [4.78, 5) is 26.7. The molecule has 0 fully saturated rings. The van der Waals surface area contributed by atoms with Crippen LogP contribution in [-0.2, 0) is 10.0 Å². The van der Waals surface area contributed by atoms with Gasteiger partial charge in [-0.1, -0.05) is 23.7 Å². The summed E-state index contributed by atoms with van der Waals surface area (Å²) in [6.07, 6.45) is 0. The number of hydrogen-bond donors (Lipinski definition) is 1. The van der Waals surface area contributed by atoms with Crippen LogP contribution in [0.5, 0.6) is 0 Å². The van der Waals surface area contributed by atoms with Crippen LogP contribution in [0.15, 0.2) is 52.3 Å². The number of rotatable bonds is 5. The van der Waals surface area contributed by atoms with E-state index in [-0.39, 0.29) is 20.7 Å². The average Bonchev–Trinajstić information content (AvgIpc) is 2.63. The summed E-state index contributed by atoms with van der Waals surface area (Å²) in [5, 5.41) is 2.62. The molecule has 0 saturated carbocycles. The minimum Gasteiger partial charge on any atom is -0.339 e. The number of halogens is 1. The van der Waals surface area contributed by atoms with E-state index < -0.39 is 15.9 Å². The first kappa shape index (κ1) is 22.2. The molecule has 10 heteroatoms. The lowest BCUT2D eigenvalue weighted by atomic mass is 10.2. The molecule has 0 atom stereocenters. The Morgan fingerprint density at radius 1 is 1.04 bits per heavy atom. The van der Waals surface area contributed by atoms with Gasteiger partial charge in [-0.15, -0.1) is 0 Å². The van der Waals surface area contributed by atoms with Crippen molar-refractivity contribution in [3.8, 4) is 0 Å². The predicted octanol–water partition coefficient (Wildman–Crippen LogP) is 3.62. The van der Waals surface area contributed by atoms with Gasteiger partial charge in [-0.25, -0.2) is 12.7 Å². The maximum atomic E-state index is 12.7. The molecular formula is C18H20ClN3O4S2. The number of hydrogen-bond acceptors (Lipinski definition) is 5. The second-order valence-electron chi connectivity index (χ2n) is 6.14. The van der Waals surface area contributed by atoms with Crippen molar-refractivity contribution in [2.75, 3.05) is 33.5 Å². The van der Waals surface area contributed by atoms with E-state index in [4.69, 9.17) is 11.6 Å². The van der Waals surface area contributed by atoms with Crippen LogP contribution >= 0.6 is 23.4 Å². The van der Waals surface area contributed by atoms with Crippen LogP contribution in [0.1, 0.15) is 10.4 Å². The maximum Gasteiger partial charge on any atom is 0.286 e. The molecule has 2 amide bonds. The molecule has 0 bridgehead atoms. The first-order valence-electron chi connectivity index (χ1n) is 8.05. The summed E-state index contributed by atoms with van der Waals surface area (Å²) < 4.78 is 25.7. The second-order valence-corrected chi connectivity index (χ2v) is 9.69. The molecule has 150 valence electrons. The molecule has 28 heavy (non-hydrogen) atoms. The average molecular weight is 442 g/mol. The first-order valence-corrected chi connectivity index (χ1v) is 10.7. The SMILES string of the molecule is CN(C)C(=O)Sc1ccccc1NC(=O)c1cc(S(=O)(=O)N(C)C)ccc1Cl. The van der Waals surface area contributed by atoms with E-state index >= 15 is 0 Å². The summed E-state index contributed by atoms with van der Waals surface area (Å²) in [6, 6.07) is 10.8. The third-order valence-electron chi connectivity index (χ3n) is 3.66. The Morgan fingerprint density at radius 3 is 2.29 bits per heavy atom. The van der Waals surface area contributed by atoms with E-state index in [2.05, 4.69) is 5.32 Å². The molecule has 0 aliphatic heterocycles. The number of nitrogens with one attached hydrogen (secondary N) is 1. The number of nitrogens with zero attached hydrogens (tertiary/aromatic N) is 2. The van der Waals surface area contributed by atoms with Crippen LogP contribution in [0.25, 0.3) is 0 Å². The van der Waals surface area contributed by atoms with Gasteiger partial charge < -0.3 is 10.2 Å². The lowest BCUT2D eigenvalue weighted by Gasteiger charge is -2.15. The molecule has 0 aliphatic carbocycles. The van der Waals surface area contributed by atoms with E-state index in [0.717, 1.165) is 16.1 Å². The largest absolute Gasteiger partial charge is 0.339 e. The Bertz CT molecular complexity index is 1010. The van der Waals surface area contributed by atoms with Crippen molar-refractivity contribution in [3.05, 3.63) is 53.1 Å². The molecule has 0 unspecified atom stereocenters. The number of benzene rings is 2. The highest BCUT2D eigenvalue weighted by atomic mass is 35.5. The number of para-hydroxylation sites is 1. The molecule has 2 rings (SSSR count). The summed E-state index contributed by atoms with van der Waals surface area (Å²) in [7, 11) is 2.35. The highest BCUT2D eigenvalue weighted by Gasteiger charge is 2.21. The van der Waals surface area contributed by atoms with Gasteiger partial charge in [0.15, 0.2) is 0 Å². The van der Waals surface area contributed by atoms with Crippen LogP contribution in [0.4, 0.5) is 10.5 Å². The van der Waals surface area contributed by atoms with Crippen molar-refractivity contribution in [1.29, 1.82) is 0 Å². The van der Waals surface area contributed by atoms with Crippen molar-refractivity contribution in [3.63, 3.8) is 0 Å². The number of carbonyl (C=O) groups excluding carboxylic acids is 2. The standard InChI is InChI=1S/C18H20ClN3O4S2/c1-21(2)18(24)27-16-8-6-5-7-15(16)20-17(23)13-11-12(9-10-14(13)19)28(25,26)22(3)4/h5-11H,1-4H3,(H,20,23). The lowest BCUT2D eigenvalue weighted by Crippen LogP contribution is -2.23. The molecule has 0 heterocycles. The number of carbonyl (C=O) groups is 2. The maximum absolute atomic E-state index is 12.7. The second kappa shape index (κ2) is 8.95. The third kappa shape index (κ3) is 5.05. The van der Waals surface area contributed by atoms with E-state index in [1.807, 2.05) is 0 Å². The van der Waals surface area contributed by atoms with Gasteiger partial charge in [0.1, 0.15) is 0 Å². The minimum atomic E-state index is -3.72. The fourth-order valence-corrected chi connectivity index (χ4v) is 3.96. The summed E-state index contributed by atoms with van der Waals surface area (Å²) in [5.74, 6) is -0.578. The van der Waals surface area contributed by atoms with Gasteiger partial charge in [-0.3, -0.25) is 9.59 Å². The third-order valence-corrected chi connectivity index (χ3v) is 6.92. The van der Waals surface area contributed by atoms with Crippen LogP contribution in [0, 0.1) is 0 Å². The van der Waals surface area contributed by atoms with Crippen molar-refractivity contribution in [1.82, 2.24) is 9.21 Å². The Hall–Kier alpha value is -2.07. The quantitative estimate of drug-likeness (QED) is 0.716. The van der Waals surface area contributed by atoms with Crippen LogP contribution < -0.4 is 5.32 Å². The first-order chi connectivity index (χ1) is 13.0. The summed E-state index contributed by atoms with van der Waals surface area (Å²) in [6.45, 7) is 0. The Balaban J connectivity index is 2.35. The zero-order chi connectivity index (χ0) is 21.1. The van der Waals surface area contributed by atoms with Gasteiger partial charge in [0.25, 0.3) is 11.1 Å². The molecular weight excluding hydrogens is 422 g/mol. The molecule has 2 aromatic rings. The van der Waals surface area contributed by atoms with Gasteiger partial charge in [-0.2, -0.15) is 0 Å². The highest BCUT2D eigenvalue weighted by molar-refractivity contribution is 8.13. The van der Waals surface area contributed by atoms with Gasteiger partial charge in [0, 0.05) is 33.1 Å². The van der Waals surface area contributed by atoms with Crippen molar-refractivity contribution >= 4 is 50.2 Å². The van der Waals surface area contributed by atoms with Crippen LogP contribution in [0.3, 0.4) is 0 Å². The van der Waals surface area contributed by atoms with Crippen LogP contribution in [0.2, 0.25) is 5.02 Å². The number of sulfonamides is 1. The normalized spacial score (nSPS) is 11.4. The molecule has 0 aliphatic rings. The van der Waals surface area contributed by atoms with Crippen molar-refractivity contribution < 1.29 is 18.0 Å². The number of anilines is 1. The zero-order valence-electron chi connectivity index (χ0n) is 15.8. The molecule has 0 saturated heterocycles. The fourth-order valence-electron chi connectivity index (χ4n) is 2.08. The monoisotopic (exact) mass is 441 g/mol. The molecule has 1 N–H and O–H groups in total. The van der Waals surface area contributed by atoms with Gasteiger partial charge in [0.05, 0.1) is 21.2 Å². The summed E-state index contributed by atoms with van der Waals surface area (Å²) >= 11 is 7.09. The topological polar surface area (TPSA) is 86.8 Å². The minimum absolute atomic E-state index is 0.0170. The van der Waals surface area contributed by atoms with E-state index in [9.17, 15) is 18.0 Å². The molecule has 0 radical (unpaired) electrons. The molecule has 0 aromatic heterocycles. The number of thioether (sulfide) groups is 1. The molecule has 2 aromatic carbocycles. The Kier molecular flexibility index (Phi) is 7.11. The van der Waals surface area contributed by atoms with Gasteiger partial charge >= 0.3 is 0 Å². The molecule has 0 spiro atoms. The predicted molar refractivity (Wildman–Crippen MR) is 112 cm³/mol. The highest BCUT2D eigenvalue weighted by Crippen LogP contribution is 2.30. The van der Waals surface area contributed by atoms with E-state index in [1.54, 1.807) is 38.4 Å². The smallest absolute Gasteiger partial charge is 0.286 e. The lowest BCUT2D eigenvalue weighted by molar-refractivity contribution is 0.102. The summed E-state index contributed by atoms with van der Waals surface area (Å²) in [5.41, 5.74) is 0.438. The van der Waals surface area contributed by atoms with Gasteiger partial charge in [-0.05, 0) is 42.1 Å². The van der Waals surface area contributed by atoms with E-state index in [0.29, 0.717) is 10.6 Å². The van der Waals surface area contributed by atoms with E-state index in [1.165, 1.54) is 37.2 Å². The van der Waals surface area contributed by atoms with Crippen LogP contribution in [-0.4, -0.2) is 57.0 Å². The fraction of sp³-hybridized carbons (Fsp3) is 0.222. The zero-order valence-corrected chi connectivity index (χ0v) is 18.2. The van der Waals surface area contributed by atoms with Gasteiger partial charge in [0.2, 0.25) is 10.0 Å². The van der Waals surface area contributed by atoms with Crippen molar-refractivity contribution in [2.24, 2.45) is 0 Å². The Morgan fingerprint density at radius 2 is 1.68 bits per heavy atom.